The van der Waals surface area contributed by atoms with Gasteiger partial charge in [0.05, 0.1) is 19.8 Å². The largest absolute Gasteiger partial charge is 0.497 e. The zero-order chi connectivity index (χ0) is 27.2. The van der Waals surface area contributed by atoms with E-state index in [1.165, 1.54) is 19.1 Å². The second-order valence-corrected chi connectivity index (χ2v) is 9.55. The predicted octanol–water partition coefficient (Wildman–Crippen LogP) is 2.67. The van der Waals surface area contributed by atoms with Gasteiger partial charge in [-0.25, -0.2) is 14.5 Å². The molecule has 38 heavy (non-hydrogen) atoms. The fourth-order valence-electron chi connectivity index (χ4n) is 4.64. The van der Waals surface area contributed by atoms with Crippen molar-refractivity contribution >= 4 is 34.9 Å². The number of furan rings is 1. The van der Waals surface area contributed by atoms with Gasteiger partial charge in [0.15, 0.2) is 5.54 Å². The number of pyridine rings is 1. The highest BCUT2D eigenvalue weighted by molar-refractivity contribution is 6.08. The highest BCUT2D eigenvalue weighted by Crippen LogP contribution is 2.37. The summed E-state index contributed by atoms with van der Waals surface area (Å²) in [5.74, 6) is -0.296. The Kier molecular flexibility index (Phi) is 6.17. The highest BCUT2D eigenvalue weighted by atomic mass is 16.6. The van der Waals surface area contributed by atoms with Crippen LogP contribution in [0.1, 0.15) is 35.5 Å². The van der Waals surface area contributed by atoms with Gasteiger partial charge < -0.3 is 24.1 Å². The summed E-state index contributed by atoms with van der Waals surface area (Å²) in [6.45, 7) is 3.07. The van der Waals surface area contributed by atoms with Crippen LogP contribution in [-0.2, 0) is 21.6 Å². The Balaban J connectivity index is 1.50. The number of fused-ring (bicyclic) bond motifs is 2. The van der Waals surface area contributed by atoms with Crippen molar-refractivity contribution in [2.75, 3.05) is 27.4 Å². The molecule has 1 saturated heterocycles. The average Bonchev–Trinajstić information content (AvgIpc) is 3.53. The van der Waals surface area contributed by atoms with Crippen molar-refractivity contribution in [3.05, 3.63) is 59.6 Å². The quantitative estimate of drug-likeness (QED) is 0.469. The Labute approximate surface area is 218 Å². The summed E-state index contributed by atoms with van der Waals surface area (Å²) >= 11 is 0. The maximum atomic E-state index is 14.0. The first-order chi connectivity index (χ1) is 18.1. The third-order valence-electron chi connectivity index (χ3n) is 6.54. The molecule has 1 fully saturated rings. The van der Waals surface area contributed by atoms with Gasteiger partial charge in [-0.05, 0) is 43.7 Å². The number of carbonyl (C=O) groups excluding carboxylic acids is 4. The van der Waals surface area contributed by atoms with E-state index >= 15 is 0 Å². The Morgan fingerprint density at radius 3 is 2.74 bits per heavy atom. The topological polar surface area (TPSA) is 135 Å². The number of methoxy groups -OCH3 is 1. The number of nitrogens with zero attached hydrogens (tertiary/aromatic N) is 4. The molecular formula is C26H27N5O7. The minimum absolute atomic E-state index is 0.148. The fraction of sp³-hybridized carbons (Fsp3) is 0.346. The van der Waals surface area contributed by atoms with E-state index in [1.807, 2.05) is 0 Å². The van der Waals surface area contributed by atoms with Crippen LogP contribution in [0.2, 0.25) is 0 Å². The molecule has 0 bridgehead atoms. The summed E-state index contributed by atoms with van der Waals surface area (Å²) in [5.41, 5.74) is -0.0448. The number of aromatic nitrogens is 1. The van der Waals surface area contributed by atoms with Gasteiger partial charge in [0.2, 0.25) is 0 Å². The van der Waals surface area contributed by atoms with Crippen molar-refractivity contribution in [1.29, 1.82) is 0 Å². The van der Waals surface area contributed by atoms with E-state index in [0.717, 1.165) is 15.4 Å². The van der Waals surface area contributed by atoms with Gasteiger partial charge in [0.25, 0.3) is 11.8 Å². The molecule has 5 rings (SSSR count). The number of ether oxygens (including phenoxy) is 2. The van der Waals surface area contributed by atoms with Crippen molar-refractivity contribution in [2.45, 2.75) is 32.0 Å². The molecule has 3 aromatic rings. The van der Waals surface area contributed by atoms with Crippen LogP contribution in [0.5, 0.6) is 5.75 Å². The molecule has 0 radical (unpaired) electrons. The van der Waals surface area contributed by atoms with Gasteiger partial charge in [0, 0.05) is 36.9 Å². The first-order valence-corrected chi connectivity index (χ1v) is 12.0. The van der Waals surface area contributed by atoms with E-state index in [4.69, 9.17) is 13.9 Å². The number of rotatable bonds is 7. The van der Waals surface area contributed by atoms with Crippen molar-refractivity contribution < 1.29 is 33.1 Å². The lowest BCUT2D eigenvalue weighted by Crippen LogP contribution is -2.53. The zero-order valence-corrected chi connectivity index (χ0v) is 21.4. The molecule has 2 aromatic heterocycles. The summed E-state index contributed by atoms with van der Waals surface area (Å²) in [6.07, 6.45) is 2.06. The second kappa shape index (κ2) is 9.36. The lowest BCUT2D eigenvalue weighted by Gasteiger charge is -2.30. The van der Waals surface area contributed by atoms with E-state index in [2.05, 4.69) is 10.3 Å². The highest BCUT2D eigenvalue weighted by Gasteiger charge is 2.57. The lowest BCUT2D eigenvalue weighted by atomic mass is 9.95. The van der Waals surface area contributed by atoms with Crippen LogP contribution in [0.4, 0.5) is 9.59 Å². The van der Waals surface area contributed by atoms with Gasteiger partial charge in [-0.1, -0.05) is 6.07 Å². The molecule has 0 saturated carbocycles. The third-order valence-corrected chi connectivity index (χ3v) is 6.54. The molecule has 1 N–H and O–H groups in total. The van der Waals surface area contributed by atoms with Crippen molar-refractivity contribution in [2.24, 2.45) is 0 Å². The Hall–Kier alpha value is -4.61. The average molecular weight is 522 g/mol. The number of urea groups is 1. The number of amides is 5. The summed E-state index contributed by atoms with van der Waals surface area (Å²) in [5, 5.41) is 3.38. The summed E-state index contributed by atoms with van der Waals surface area (Å²) in [4.78, 5) is 60.5. The standard InChI is InChI=1S/C26H27N5O7/c1-15(2)37-25(35)29(3)14-31-23(33)26(28-24(31)34,21-9-17-11-27-8-7-20(17)38-21)13-30-12-16-5-6-18(36-4)10-19(16)22(30)32/h5-11,15H,12-14H2,1-4H3,(H,28,34)/t26-/m0/s1. The van der Waals surface area contributed by atoms with Crippen molar-refractivity contribution in [1.82, 2.24) is 25.0 Å². The molecule has 198 valence electrons. The molecule has 12 heteroatoms. The van der Waals surface area contributed by atoms with Gasteiger partial charge in [-0.3, -0.25) is 19.5 Å². The minimum Gasteiger partial charge on any atom is -0.497 e. The van der Waals surface area contributed by atoms with Crippen LogP contribution in [0.15, 0.2) is 47.1 Å². The third kappa shape index (κ3) is 4.17. The van der Waals surface area contributed by atoms with Crippen LogP contribution in [0.3, 0.4) is 0 Å². The van der Waals surface area contributed by atoms with E-state index in [9.17, 15) is 19.2 Å². The van der Waals surface area contributed by atoms with Gasteiger partial charge in [-0.2, -0.15) is 0 Å². The zero-order valence-electron chi connectivity index (χ0n) is 21.4. The number of hydrogen-bond acceptors (Lipinski definition) is 8. The van der Waals surface area contributed by atoms with Crippen LogP contribution >= 0.6 is 0 Å². The Morgan fingerprint density at radius 2 is 2.03 bits per heavy atom. The van der Waals surface area contributed by atoms with Gasteiger partial charge in [0.1, 0.15) is 23.8 Å². The Bertz CT molecular complexity index is 1420. The lowest BCUT2D eigenvalue weighted by molar-refractivity contribution is -0.133. The Morgan fingerprint density at radius 1 is 1.24 bits per heavy atom. The first-order valence-electron chi connectivity index (χ1n) is 12.0. The monoisotopic (exact) mass is 521 g/mol. The van der Waals surface area contributed by atoms with E-state index in [-0.39, 0.29) is 37.5 Å². The second-order valence-electron chi connectivity index (χ2n) is 9.55. The number of nitrogens with one attached hydrogen (secondary N) is 1. The SMILES string of the molecule is COc1ccc2c(c1)C(=O)N(C[C@@]1(c3cc4cnccc4o3)NC(=O)N(CN(C)C(=O)OC(C)C)C1=O)C2. The van der Waals surface area contributed by atoms with E-state index < -0.39 is 23.6 Å². The van der Waals surface area contributed by atoms with Crippen molar-refractivity contribution in [3.63, 3.8) is 0 Å². The molecule has 4 heterocycles. The molecular weight excluding hydrogens is 494 g/mol. The molecule has 0 aliphatic carbocycles. The van der Waals surface area contributed by atoms with E-state index in [0.29, 0.717) is 22.3 Å². The molecule has 1 atom stereocenters. The summed E-state index contributed by atoms with van der Waals surface area (Å²) < 4.78 is 16.4. The molecule has 1 aromatic carbocycles. The van der Waals surface area contributed by atoms with Gasteiger partial charge in [-0.15, -0.1) is 0 Å². The smallest absolute Gasteiger partial charge is 0.411 e. The van der Waals surface area contributed by atoms with Crippen LogP contribution in [0, 0.1) is 0 Å². The van der Waals surface area contributed by atoms with Gasteiger partial charge >= 0.3 is 12.1 Å². The van der Waals surface area contributed by atoms with E-state index in [1.54, 1.807) is 56.6 Å². The number of imide groups is 1. The molecule has 0 spiro atoms. The molecule has 2 aliphatic rings. The maximum Gasteiger partial charge on any atom is 0.411 e. The number of carbonyl (C=O) groups is 4. The molecule has 2 aliphatic heterocycles. The minimum atomic E-state index is -1.74. The fourth-order valence-corrected chi connectivity index (χ4v) is 4.64. The van der Waals surface area contributed by atoms with Crippen LogP contribution < -0.4 is 10.1 Å². The number of benzene rings is 1. The number of hydrogen-bond donors (Lipinski definition) is 1. The normalized spacial score (nSPS) is 18.8. The summed E-state index contributed by atoms with van der Waals surface area (Å²) in [6, 6.07) is 7.73. The molecule has 5 amide bonds. The summed E-state index contributed by atoms with van der Waals surface area (Å²) in [7, 11) is 2.94. The maximum absolute atomic E-state index is 14.0. The molecule has 12 nitrogen and oxygen atoms in total. The van der Waals surface area contributed by atoms with Crippen molar-refractivity contribution in [3.8, 4) is 5.75 Å². The predicted molar refractivity (Wildman–Crippen MR) is 133 cm³/mol. The molecule has 0 unspecified atom stereocenters. The van der Waals surface area contributed by atoms with Crippen LogP contribution in [-0.4, -0.2) is 77.1 Å². The first kappa shape index (κ1) is 25.1. The van der Waals surface area contributed by atoms with Crippen LogP contribution in [0.25, 0.3) is 11.0 Å².